The lowest BCUT2D eigenvalue weighted by atomic mass is 10.2. The number of hydrogen-bond acceptors (Lipinski definition) is 10. The van der Waals surface area contributed by atoms with E-state index in [4.69, 9.17) is 9.47 Å². The Morgan fingerprint density at radius 3 is 2.55 bits per heavy atom. The van der Waals surface area contributed by atoms with E-state index >= 15 is 0 Å². The normalized spacial score (nSPS) is 17.6. The second kappa shape index (κ2) is 11.5. The van der Waals surface area contributed by atoms with Gasteiger partial charge in [-0.25, -0.2) is 18.4 Å². The number of aromatic nitrogens is 2. The quantitative estimate of drug-likeness (QED) is 0.332. The first-order chi connectivity index (χ1) is 19.1. The summed E-state index contributed by atoms with van der Waals surface area (Å²) >= 11 is 1.29. The van der Waals surface area contributed by atoms with Gasteiger partial charge in [-0.2, -0.15) is 0 Å². The van der Waals surface area contributed by atoms with Crippen molar-refractivity contribution in [3.05, 3.63) is 53.2 Å². The van der Waals surface area contributed by atoms with E-state index in [0.717, 1.165) is 11.3 Å². The number of ether oxygens (including phenoxy) is 2. The second-order valence-corrected chi connectivity index (χ2v) is 13.4. The van der Waals surface area contributed by atoms with Gasteiger partial charge in [0.25, 0.3) is 5.91 Å². The number of hydrogen-bond donors (Lipinski definition) is 2. The van der Waals surface area contributed by atoms with Crippen molar-refractivity contribution in [1.82, 2.24) is 14.9 Å². The Labute approximate surface area is 236 Å². The largest absolute Gasteiger partial charge is 0.491 e. The first kappa shape index (κ1) is 28.0. The van der Waals surface area contributed by atoms with E-state index in [1.807, 2.05) is 18.7 Å². The van der Waals surface area contributed by atoms with Gasteiger partial charge in [0.1, 0.15) is 23.3 Å². The van der Waals surface area contributed by atoms with Crippen LogP contribution in [0.25, 0.3) is 0 Å². The Hall–Kier alpha value is -3.55. The molecule has 1 aliphatic heterocycles. The predicted octanol–water partition coefficient (Wildman–Crippen LogP) is 4.36. The molecule has 1 aliphatic carbocycles. The van der Waals surface area contributed by atoms with Crippen LogP contribution in [-0.2, 0) is 21.2 Å². The number of aliphatic carboxylic acids is 1. The number of nitrogens with zero attached hydrogens (tertiary/aromatic N) is 3. The molecule has 2 fully saturated rings. The number of carboxylic acid groups (broad SMARTS) is 1. The molecule has 0 spiro atoms. The molecule has 3 aromatic rings. The zero-order chi connectivity index (χ0) is 28.4. The Balaban J connectivity index is 1.29. The number of sulfone groups is 1. The van der Waals surface area contributed by atoms with Gasteiger partial charge in [-0.3, -0.25) is 19.8 Å². The standard InChI is InChI=1S/C27H30N4O7S2/c1-16(2)37-19-10-17(11-20(12-19)38-18-5-8-24(28-13-18)40(35,36)22-6-7-22)25(32)30-27-29-14-21(39-27)15-31-9-3-4-23(31)26(33)34/h5,8,10-14,16,22-23H,3-4,6-7,9,15H2,1-2H3,(H,33,34)(H,29,30,32). The molecule has 1 aromatic carbocycles. The molecule has 2 aliphatic rings. The molecule has 1 amide bonds. The van der Waals surface area contributed by atoms with Crippen molar-refractivity contribution in [3.63, 3.8) is 0 Å². The van der Waals surface area contributed by atoms with Gasteiger partial charge in [-0.1, -0.05) is 0 Å². The number of carbonyl (C=O) groups excluding carboxylic acids is 1. The fourth-order valence-corrected chi connectivity index (χ4v) is 6.87. The molecule has 13 heteroatoms. The summed E-state index contributed by atoms with van der Waals surface area (Å²) in [5.74, 6) is -0.196. The summed E-state index contributed by atoms with van der Waals surface area (Å²) < 4.78 is 36.6. The minimum Gasteiger partial charge on any atom is -0.491 e. The van der Waals surface area contributed by atoms with E-state index in [1.54, 1.807) is 24.4 Å². The maximum absolute atomic E-state index is 13.2. The summed E-state index contributed by atoms with van der Waals surface area (Å²) in [6, 6.07) is 7.24. The van der Waals surface area contributed by atoms with Crippen molar-refractivity contribution in [2.45, 2.75) is 68.5 Å². The molecule has 212 valence electrons. The Bertz CT molecular complexity index is 1500. The van der Waals surface area contributed by atoms with E-state index < -0.39 is 27.8 Å². The maximum Gasteiger partial charge on any atom is 0.320 e. The second-order valence-electron chi connectivity index (χ2n) is 10.1. The molecular formula is C27H30N4O7S2. The van der Waals surface area contributed by atoms with Crippen molar-refractivity contribution in [1.29, 1.82) is 0 Å². The van der Waals surface area contributed by atoms with Crippen LogP contribution < -0.4 is 14.8 Å². The lowest BCUT2D eigenvalue weighted by Gasteiger charge is -2.19. The Kier molecular flexibility index (Phi) is 8.06. The molecule has 11 nitrogen and oxygen atoms in total. The van der Waals surface area contributed by atoms with Gasteiger partial charge >= 0.3 is 5.97 Å². The van der Waals surface area contributed by atoms with Gasteiger partial charge in [-0.15, -0.1) is 11.3 Å². The lowest BCUT2D eigenvalue weighted by molar-refractivity contribution is -0.142. The summed E-state index contributed by atoms with van der Waals surface area (Å²) in [6.07, 6.45) is 5.60. The van der Waals surface area contributed by atoms with Crippen molar-refractivity contribution < 1.29 is 32.6 Å². The van der Waals surface area contributed by atoms with Gasteiger partial charge < -0.3 is 14.6 Å². The van der Waals surface area contributed by atoms with Crippen LogP contribution in [0.2, 0.25) is 0 Å². The third-order valence-corrected chi connectivity index (χ3v) is 9.57. The molecule has 5 rings (SSSR count). The zero-order valence-corrected chi connectivity index (χ0v) is 23.7. The molecule has 3 heterocycles. The van der Waals surface area contributed by atoms with E-state index in [9.17, 15) is 23.1 Å². The number of carbonyl (C=O) groups is 2. The third kappa shape index (κ3) is 6.60. The van der Waals surface area contributed by atoms with Gasteiger partial charge in [-0.05, 0) is 70.3 Å². The molecule has 2 aromatic heterocycles. The van der Waals surface area contributed by atoms with E-state index in [0.29, 0.717) is 54.7 Å². The fourth-order valence-electron chi connectivity index (χ4n) is 4.49. The lowest BCUT2D eigenvalue weighted by Crippen LogP contribution is -2.35. The number of anilines is 1. The van der Waals surface area contributed by atoms with Crippen LogP contribution in [0.4, 0.5) is 5.13 Å². The minimum atomic E-state index is -3.41. The Morgan fingerprint density at radius 1 is 1.10 bits per heavy atom. The summed E-state index contributed by atoms with van der Waals surface area (Å²) in [6.45, 7) is 4.89. The van der Waals surface area contributed by atoms with Crippen LogP contribution in [0.15, 0.2) is 47.8 Å². The molecule has 1 unspecified atom stereocenters. The summed E-state index contributed by atoms with van der Waals surface area (Å²) in [7, 11) is -3.41. The molecule has 0 bridgehead atoms. The summed E-state index contributed by atoms with van der Waals surface area (Å²) in [4.78, 5) is 35.7. The first-order valence-electron chi connectivity index (χ1n) is 13.0. The predicted molar refractivity (Wildman–Crippen MR) is 148 cm³/mol. The number of carboxylic acids is 1. The number of amides is 1. The molecule has 2 N–H and O–H groups in total. The highest BCUT2D eigenvalue weighted by atomic mass is 32.2. The van der Waals surface area contributed by atoms with Crippen molar-refractivity contribution in [2.24, 2.45) is 0 Å². The Morgan fingerprint density at radius 2 is 1.88 bits per heavy atom. The van der Waals surface area contributed by atoms with Gasteiger partial charge in [0, 0.05) is 29.2 Å². The van der Waals surface area contributed by atoms with Crippen LogP contribution in [0, 0.1) is 0 Å². The highest BCUT2D eigenvalue weighted by Crippen LogP contribution is 2.34. The van der Waals surface area contributed by atoms with Gasteiger partial charge in [0.2, 0.25) is 0 Å². The molecule has 1 saturated carbocycles. The van der Waals surface area contributed by atoms with Crippen molar-refractivity contribution >= 4 is 38.2 Å². The number of rotatable bonds is 11. The highest BCUT2D eigenvalue weighted by Gasteiger charge is 2.37. The monoisotopic (exact) mass is 586 g/mol. The van der Waals surface area contributed by atoms with Gasteiger partial charge in [0.15, 0.2) is 20.0 Å². The third-order valence-electron chi connectivity index (χ3n) is 6.50. The number of nitrogens with one attached hydrogen (secondary N) is 1. The minimum absolute atomic E-state index is 0.0188. The van der Waals surface area contributed by atoms with E-state index in [1.165, 1.54) is 29.7 Å². The summed E-state index contributed by atoms with van der Waals surface area (Å²) in [5.41, 5.74) is 0.274. The summed E-state index contributed by atoms with van der Waals surface area (Å²) in [5, 5.41) is 12.3. The fraction of sp³-hybridized carbons (Fsp3) is 0.407. The number of pyridine rings is 1. The number of benzene rings is 1. The molecule has 1 saturated heterocycles. The van der Waals surface area contributed by atoms with Crippen LogP contribution in [0.1, 0.15) is 54.8 Å². The topological polar surface area (TPSA) is 148 Å². The SMILES string of the molecule is CC(C)Oc1cc(Oc2ccc(S(=O)(=O)C3CC3)nc2)cc(C(=O)Nc2ncc(CN3CCCC3C(=O)O)s2)c1. The smallest absolute Gasteiger partial charge is 0.320 e. The van der Waals surface area contributed by atoms with Crippen LogP contribution >= 0.6 is 11.3 Å². The van der Waals surface area contributed by atoms with E-state index in [-0.39, 0.29) is 21.9 Å². The van der Waals surface area contributed by atoms with Crippen molar-refractivity contribution in [3.8, 4) is 17.2 Å². The average molecular weight is 587 g/mol. The van der Waals surface area contributed by atoms with Gasteiger partial charge in [0.05, 0.1) is 17.6 Å². The van der Waals surface area contributed by atoms with Crippen LogP contribution in [0.3, 0.4) is 0 Å². The molecule has 0 radical (unpaired) electrons. The highest BCUT2D eigenvalue weighted by molar-refractivity contribution is 7.92. The zero-order valence-electron chi connectivity index (χ0n) is 22.1. The number of likely N-dealkylation sites (tertiary alicyclic amines) is 1. The molecular weight excluding hydrogens is 556 g/mol. The van der Waals surface area contributed by atoms with Crippen molar-refractivity contribution in [2.75, 3.05) is 11.9 Å². The molecule has 40 heavy (non-hydrogen) atoms. The molecule has 1 atom stereocenters. The van der Waals surface area contributed by atoms with Crippen LogP contribution in [0.5, 0.6) is 17.2 Å². The first-order valence-corrected chi connectivity index (χ1v) is 15.4. The van der Waals surface area contributed by atoms with E-state index in [2.05, 4.69) is 15.3 Å². The average Bonchev–Trinajstić information content (AvgIpc) is 3.52. The van der Waals surface area contributed by atoms with Crippen LogP contribution in [-0.4, -0.2) is 64.2 Å². The number of thiazole rings is 1. The maximum atomic E-state index is 13.2.